The molecule has 7 heteroatoms. The van der Waals surface area contributed by atoms with Crippen molar-refractivity contribution < 1.29 is 19.0 Å². The molecule has 138 valence electrons. The summed E-state index contributed by atoms with van der Waals surface area (Å²) in [5, 5.41) is 2.83. The molecule has 0 spiro atoms. The van der Waals surface area contributed by atoms with Crippen molar-refractivity contribution in [2.75, 3.05) is 13.3 Å². The second-order valence-electron chi connectivity index (χ2n) is 6.08. The lowest BCUT2D eigenvalue weighted by Crippen LogP contribution is -2.37. The number of nitrogens with zero attached hydrogens (tertiary/aromatic N) is 1. The summed E-state index contributed by atoms with van der Waals surface area (Å²) in [7, 11) is 0. The fraction of sp³-hybridized carbons (Fsp3) is 0.368. The third kappa shape index (κ3) is 4.17. The number of aryl methyl sites for hydroxylation is 1. The minimum absolute atomic E-state index is 0.0316. The van der Waals surface area contributed by atoms with Crippen molar-refractivity contribution in [3.05, 3.63) is 52.4 Å². The van der Waals surface area contributed by atoms with Crippen LogP contribution in [0.1, 0.15) is 19.0 Å². The number of hydrogen-bond donors (Lipinski definition) is 1. The number of rotatable bonds is 7. The summed E-state index contributed by atoms with van der Waals surface area (Å²) in [6.07, 6.45) is 0.0179. The van der Waals surface area contributed by atoms with Gasteiger partial charge in [-0.25, -0.2) is 0 Å². The van der Waals surface area contributed by atoms with E-state index in [4.69, 9.17) is 14.2 Å². The Hall–Kier alpha value is -2.96. The Morgan fingerprint density at radius 2 is 2.08 bits per heavy atom. The molecule has 0 saturated heterocycles. The van der Waals surface area contributed by atoms with Crippen molar-refractivity contribution in [1.82, 2.24) is 9.88 Å². The lowest BCUT2D eigenvalue weighted by atomic mass is 10.3. The highest BCUT2D eigenvalue weighted by molar-refractivity contribution is 5.80. The van der Waals surface area contributed by atoms with Crippen molar-refractivity contribution in [2.45, 2.75) is 32.9 Å². The van der Waals surface area contributed by atoms with Crippen LogP contribution in [0.3, 0.4) is 0 Å². The van der Waals surface area contributed by atoms with Crippen LogP contribution in [-0.4, -0.2) is 29.9 Å². The van der Waals surface area contributed by atoms with E-state index in [1.807, 2.05) is 13.0 Å². The largest absolute Gasteiger partial charge is 0.481 e. The Kier molecular flexibility index (Phi) is 5.46. The molecule has 2 heterocycles. The molecule has 0 saturated carbocycles. The molecule has 0 bridgehead atoms. The Balaban J connectivity index is 1.45. The minimum Gasteiger partial charge on any atom is -0.481 e. The van der Waals surface area contributed by atoms with Gasteiger partial charge in [-0.05, 0) is 38.5 Å². The van der Waals surface area contributed by atoms with Gasteiger partial charge in [-0.1, -0.05) is 6.07 Å². The van der Waals surface area contributed by atoms with Crippen molar-refractivity contribution in [3.8, 4) is 17.2 Å². The number of carbonyl (C=O) groups is 1. The topological polar surface area (TPSA) is 78.8 Å². The van der Waals surface area contributed by atoms with Crippen LogP contribution >= 0.6 is 0 Å². The number of hydrogen-bond acceptors (Lipinski definition) is 5. The maximum Gasteiger partial charge on any atom is 0.260 e. The molecule has 1 aromatic heterocycles. The van der Waals surface area contributed by atoms with Gasteiger partial charge in [0.25, 0.3) is 11.5 Å². The van der Waals surface area contributed by atoms with E-state index in [1.54, 1.807) is 35.8 Å². The lowest BCUT2D eigenvalue weighted by molar-refractivity contribution is -0.127. The first-order valence-electron chi connectivity index (χ1n) is 8.55. The second-order valence-corrected chi connectivity index (χ2v) is 6.08. The third-order valence-corrected chi connectivity index (χ3v) is 4.15. The van der Waals surface area contributed by atoms with Crippen molar-refractivity contribution in [3.63, 3.8) is 0 Å². The first kappa shape index (κ1) is 17.8. The highest BCUT2D eigenvalue weighted by Gasteiger charge is 2.18. The Labute approximate surface area is 151 Å². The number of nitrogens with one attached hydrogen (secondary N) is 1. The number of aromatic nitrogens is 1. The number of amides is 1. The standard InChI is InChI=1S/C19H22N2O5/c1-13-5-3-6-18(22)21(13)10-4-9-20-19(23)14(2)26-15-7-8-16-17(11-15)25-12-24-16/h3,5-8,11,14H,4,9-10,12H2,1-2H3,(H,20,23). The van der Waals surface area contributed by atoms with E-state index in [2.05, 4.69) is 5.32 Å². The van der Waals surface area contributed by atoms with Crippen LogP contribution in [0.5, 0.6) is 17.2 Å². The zero-order chi connectivity index (χ0) is 18.5. The molecule has 1 aliphatic heterocycles. The molecule has 0 aliphatic carbocycles. The molecule has 1 aliphatic rings. The zero-order valence-corrected chi connectivity index (χ0v) is 14.9. The van der Waals surface area contributed by atoms with E-state index in [0.717, 1.165) is 5.69 Å². The van der Waals surface area contributed by atoms with Crippen LogP contribution in [0.25, 0.3) is 0 Å². The van der Waals surface area contributed by atoms with Crippen molar-refractivity contribution in [1.29, 1.82) is 0 Å². The van der Waals surface area contributed by atoms with Crippen LogP contribution in [0.4, 0.5) is 0 Å². The summed E-state index contributed by atoms with van der Waals surface area (Å²) in [5.74, 6) is 1.61. The molecule has 1 amide bonds. The van der Waals surface area contributed by atoms with Crippen LogP contribution in [0.15, 0.2) is 41.2 Å². The van der Waals surface area contributed by atoms with Crippen LogP contribution in [0, 0.1) is 6.92 Å². The summed E-state index contributed by atoms with van der Waals surface area (Å²) in [6.45, 7) is 4.80. The van der Waals surface area contributed by atoms with E-state index < -0.39 is 6.10 Å². The summed E-state index contributed by atoms with van der Waals surface area (Å²) < 4.78 is 17.9. The predicted molar refractivity (Wildman–Crippen MR) is 95.7 cm³/mol. The van der Waals surface area contributed by atoms with Crippen molar-refractivity contribution in [2.24, 2.45) is 0 Å². The molecule has 0 radical (unpaired) electrons. The van der Waals surface area contributed by atoms with Gasteiger partial charge >= 0.3 is 0 Å². The maximum atomic E-state index is 12.2. The van der Waals surface area contributed by atoms with Crippen LogP contribution < -0.4 is 25.1 Å². The van der Waals surface area contributed by atoms with Crippen LogP contribution in [-0.2, 0) is 11.3 Å². The average Bonchev–Trinajstić information content (AvgIpc) is 3.08. The first-order valence-corrected chi connectivity index (χ1v) is 8.55. The van der Waals surface area contributed by atoms with E-state index in [0.29, 0.717) is 36.8 Å². The molecular formula is C19H22N2O5. The first-order chi connectivity index (χ1) is 12.5. The van der Waals surface area contributed by atoms with Gasteiger partial charge in [-0.15, -0.1) is 0 Å². The number of pyridine rings is 1. The van der Waals surface area contributed by atoms with E-state index in [1.165, 1.54) is 6.07 Å². The monoisotopic (exact) mass is 358 g/mol. The molecule has 7 nitrogen and oxygen atoms in total. The normalized spacial score (nSPS) is 13.3. The second kappa shape index (κ2) is 7.95. The maximum absolute atomic E-state index is 12.2. The lowest BCUT2D eigenvalue weighted by Gasteiger charge is -2.15. The van der Waals surface area contributed by atoms with Gasteiger partial charge in [0.2, 0.25) is 6.79 Å². The smallest absolute Gasteiger partial charge is 0.260 e. The van der Waals surface area contributed by atoms with Gasteiger partial charge < -0.3 is 24.1 Å². The Bertz CT molecular complexity index is 846. The number of ether oxygens (including phenoxy) is 3. The summed E-state index contributed by atoms with van der Waals surface area (Å²) in [4.78, 5) is 24.0. The summed E-state index contributed by atoms with van der Waals surface area (Å²) >= 11 is 0. The Morgan fingerprint density at radius 3 is 2.88 bits per heavy atom. The van der Waals surface area contributed by atoms with Gasteiger partial charge in [0.1, 0.15) is 5.75 Å². The molecule has 1 aromatic carbocycles. The van der Waals surface area contributed by atoms with Gasteiger partial charge in [0, 0.05) is 30.9 Å². The van der Waals surface area contributed by atoms with E-state index in [-0.39, 0.29) is 18.3 Å². The number of carbonyl (C=O) groups excluding carboxylic acids is 1. The fourth-order valence-corrected chi connectivity index (χ4v) is 2.71. The summed E-state index contributed by atoms with van der Waals surface area (Å²) in [5.41, 5.74) is 0.874. The van der Waals surface area contributed by atoms with Gasteiger partial charge in [0.05, 0.1) is 0 Å². The Morgan fingerprint density at radius 1 is 1.27 bits per heavy atom. The van der Waals surface area contributed by atoms with Gasteiger partial charge in [-0.2, -0.15) is 0 Å². The molecule has 1 N–H and O–H groups in total. The quantitative estimate of drug-likeness (QED) is 0.765. The minimum atomic E-state index is -0.642. The average molecular weight is 358 g/mol. The highest BCUT2D eigenvalue weighted by Crippen LogP contribution is 2.35. The molecule has 1 unspecified atom stereocenters. The SMILES string of the molecule is Cc1cccc(=O)n1CCCNC(=O)C(C)Oc1ccc2c(c1)OCO2. The molecule has 2 aromatic rings. The molecular weight excluding hydrogens is 336 g/mol. The molecule has 26 heavy (non-hydrogen) atoms. The van der Waals surface area contributed by atoms with Gasteiger partial charge in [-0.3, -0.25) is 9.59 Å². The number of fused-ring (bicyclic) bond motifs is 1. The number of benzene rings is 1. The van der Waals surface area contributed by atoms with Crippen LogP contribution in [0.2, 0.25) is 0 Å². The van der Waals surface area contributed by atoms with Crippen molar-refractivity contribution >= 4 is 5.91 Å². The molecule has 1 atom stereocenters. The summed E-state index contributed by atoms with van der Waals surface area (Å²) in [6, 6.07) is 10.4. The van der Waals surface area contributed by atoms with Gasteiger partial charge in [0.15, 0.2) is 17.6 Å². The van der Waals surface area contributed by atoms with E-state index in [9.17, 15) is 9.59 Å². The third-order valence-electron chi connectivity index (χ3n) is 4.15. The fourth-order valence-electron chi connectivity index (χ4n) is 2.71. The van der Waals surface area contributed by atoms with E-state index >= 15 is 0 Å². The predicted octanol–water partition coefficient (Wildman–Crippen LogP) is 1.86. The highest BCUT2D eigenvalue weighted by atomic mass is 16.7. The molecule has 3 rings (SSSR count). The molecule has 0 fully saturated rings. The zero-order valence-electron chi connectivity index (χ0n) is 14.9.